The molecule has 1 amide bonds. The lowest BCUT2D eigenvalue weighted by molar-refractivity contribution is -0.384. The number of esters is 1. The Hall–Kier alpha value is -3.42. The van der Waals surface area contributed by atoms with Gasteiger partial charge in [-0.1, -0.05) is 0 Å². The standard InChI is InChI=1S/C18H17N3O5/c1-11(22)20-8-7-12-9-13(3-6-17(12)20)19-16-5-4-14(21(24)25)10-15(16)18(23)26-2/h3-6,9-10,19H,7-8H2,1-2H3. The van der Waals surface area contributed by atoms with Crippen molar-refractivity contribution in [3.63, 3.8) is 0 Å². The number of nitro groups is 1. The van der Waals surface area contributed by atoms with E-state index in [1.54, 1.807) is 11.0 Å². The van der Waals surface area contributed by atoms with Crippen LogP contribution in [-0.4, -0.2) is 30.5 Å². The molecule has 2 aromatic carbocycles. The summed E-state index contributed by atoms with van der Waals surface area (Å²) in [5.74, 6) is -0.673. The zero-order valence-electron chi connectivity index (χ0n) is 14.3. The summed E-state index contributed by atoms with van der Waals surface area (Å²) in [7, 11) is 1.22. The molecule has 1 aliphatic rings. The number of nitro benzene ring substituents is 1. The average molecular weight is 355 g/mol. The first-order valence-electron chi connectivity index (χ1n) is 7.95. The van der Waals surface area contributed by atoms with Crippen LogP contribution in [0.15, 0.2) is 36.4 Å². The number of ether oxygens (including phenoxy) is 1. The first kappa shape index (κ1) is 17.4. The lowest BCUT2D eigenvalue weighted by Crippen LogP contribution is -2.25. The summed E-state index contributed by atoms with van der Waals surface area (Å²) in [6, 6.07) is 9.51. The van der Waals surface area contributed by atoms with E-state index in [4.69, 9.17) is 4.74 Å². The van der Waals surface area contributed by atoms with Gasteiger partial charge < -0.3 is 15.0 Å². The predicted molar refractivity (Wildman–Crippen MR) is 95.9 cm³/mol. The molecular formula is C18H17N3O5. The summed E-state index contributed by atoms with van der Waals surface area (Å²) in [5.41, 5.74) is 2.90. The van der Waals surface area contributed by atoms with Crippen LogP contribution in [-0.2, 0) is 16.0 Å². The quantitative estimate of drug-likeness (QED) is 0.514. The number of methoxy groups -OCH3 is 1. The number of nitrogens with one attached hydrogen (secondary N) is 1. The third-order valence-electron chi connectivity index (χ3n) is 4.25. The van der Waals surface area contributed by atoms with E-state index in [-0.39, 0.29) is 17.2 Å². The van der Waals surface area contributed by atoms with E-state index in [1.807, 2.05) is 12.1 Å². The van der Waals surface area contributed by atoms with Crippen molar-refractivity contribution in [3.8, 4) is 0 Å². The number of rotatable bonds is 4. The molecule has 0 radical (unpaired) electrons. The minimum atomic E-state index is -0.667. The number of carbonyl (C=O) groups is 2. The summed E-state index contributed by atoms with van der Waals surface area (Å²) in [4.78, 5) is 35.7. The summed E-state index contributed by atoms with van der Waals surface area (Å²) in [6.07, 6.45) is 0.745. The molecule has 1 aliphatic heterocycles. The molecule has 0 aromatic heterocycles. The molecule has 0 aliphatic carbocycles. The Labute approximate surface area is 149 Å². The predicted octanol–water partition coefficient (Wildman–Crippen LogP) is 3.03. The fourth-order valence-electron chi connectivity index (χ4n) is 3.00. The Balaban J connectivity index is 1.93. The lowest BCUT2D eigenvalue weighted by Gasteiger charge is -2.16. The van der Waals surface area contributed by atoms with Gasteiger partial charge in [0.05, 0.1) is 23.3 Å². The van der Waals surface area contributed by atoms with Gasteiger partial charge in [0.15, 0.2) is 0 Å². The van der Waals surface area contributed by atoms with Gasteiger partial charge in [0.25, 0.3) is 5.69 Å². The minimum absolute atomic E-state index is 0.00666. The van der Waals surface area contributed by atoms with Crippen molar-refractivity contribution >= 4 is 34.6 Å². The normalized spacial score (nSPS) is 12.5. The summed E-state index contributed by atoms with van der Waals surface area (Å²) < 4.78 is 4.72. The van der Waals surface area contributed by atoms with Crippen molar-refractivity contribution in [1.29, 1.82) is 0 Å². The molecule has 0 fully saturated rings. The summed E-state index contributed by atoms with van der Waals surface area (Å²) >= 11 is 0. The number of nitrogens with zero attached hydrogens (tertiary/aromatic N) is 2. The van der Waals surface area contributed by atoms with Gasteiger partial charge in [0.2, 0.25) is 5.91 Å². The summed E-state index contributed by atoms with van der Waals surface area (Å²) in [6.45, 7) is 2.17. The van der Waals surface area contributed by atoms with Crippen LogP contribution in [0.2, 0.25) is 0 Å². The fourth-order valence-corrected chi connectivity index (χ4v) is 3.00. The number of hydrogen-bond donors (Lipinski definition) is 1. The molecular weight excluding hydrogens is 338 g/mol. The van der Waals surface area contributed by atoms with Crippen LogP contribution in [0, 0.1) is 10.1 Å². The Bertz CT molecular complexity index is 910. The minimum Gasteiger partial charge on any atom is -0.465 e. The average Bonchev–Trinajstić information content (AvgIpc) is 3.04. The molecule has 0 bridgehead atoms. The van der Waals surface area contributed by atoms with Crippen molar-refractivity contribution in [2.45, 2.75) is 13.3 Å². The lowest BCUT2D eigenvalue weighted by atomic mass is 10.1. The second-order valence-electron chi connectivity index (χ2n) is 5.87. The molecule has 0 atom stereocenters. The Kier molecular flexibility index (Phi) is 4.57. The molecule has 0 saturated carbocycles. The van der Waals surface area contributed by atoms with Crippen molar-refractivity contribution in [1.82, 2.24) is 0 Å². The van der Waals surface area contributed by atoms with E-state index >= 15 is 0 Å². The van der Waals surface area contributed by atoms with Crippen LogP contribution < -0.4 is 10.2 Å². The van der Waals surface area contributed by atoms with E-state index in [0.717, 1.165) is 17.7 Å². The molecule has 1 N–H and O–H groups in total. The number of fused-ring (bicyclic) bond motifs is 1. The number of amides is 1. The molecule has 3 rings (SSSR count). The Morgan fingerprint density at radius 3 is 2.65 bits per heavy atom. The highest BCUT2D eigenvalue weighted by Gasteiger charge is 2.23. The third kappa shape index (κ3) is 3.21. The smallest absolute Gasteiger partial charge is 0.340 e. The van der Waals surface area contributed by atoms with Crippen LogP contribution in [0.25, 0.3) is 0 Å². The SMILES string of the molecule is COC(=O)c1cc([N+](=O)[O-])ccc1Nc1ccc2c(c1)CCN2C(C)=O. The molecule has 8 heteroatoms. The maximum Gasteiger partial charge on any atom is 0.340 e. The van der Waals surface area contributed by atoms with Crippen molar-refractivity contribution in [2.24, 2.45) is 0 Å². The maximum absolute atomic E-state index is 12.0. The monoisotopic (exact) mass is 355 g/mol. The van der Waals surface area contributed by atoms with Crippen LogP contribution >= 0.6 is 0 Å². The molecule has 1 heterocycles. The van der Waals surface area contributed by atoms with Crippen molar-refractivity contribution < 1.29 is 19.2 Å². The van der Waals surface area contributed by atoms with Crippen LogP contribution in [0.4, 0.5) is 22.7 Å². The van der Waals surface area contributed by atoms with Crippen molar-refractivity contribution in [2.75, 3.05) is 23.9 Å². The molecule has 8 nitrogen and oxygen atoms in total. The first-order valence-corrected chi connectivity index (χ1v) is 7.95. The largest absolute Gasteiger partial charge is 0.465 e. The molecule has 2 aromatic rings. The fraction of sp³-hybridized carbons (Fsp3) is 0.222. The molecule has 26 heavy (non-hydrogen) atoms. The van der Waals surface area contributed by atoms with Gasteiger partial charge in [-0.05, 0) is 36.2 Å². The number of anilines is 3. The van der Waals surface area contributed by atoms with E-state index in [0.29, 0.717) is 17.9 Å². The highest BCUT2D eigenvalue weighted by molar-refractivity contribution is 5.98. The zero-order chi connectivity index (χ0) is 18.8. The number of benzene rings is 2. The van der Waals surface area contributed by atoms with Crippen molar-refractivity contribution in [3.05, 3.63) is 57.6 Å². The van der Waals surface area contributed by atoms with Gasteiger partial charge in [-0.2, -0.15) is 0 Å². The second-order valence-corrected chi connectivity index (χ2v) is 5.87. The second kappa shape index (κ2) is 6.83. The molecule has 0 spiro atoms. The number of hydrogen-bond acceptors (Lipinski definition) is 6. The van der Waals surface area contributed by atoms with E-state index in [9.17, 15) is 19.7 Å². The van der Waals surface area contributed by atoms with Gasteiger partial charge in [-0.15, -0.1) is 0 Å². The molecule has 134 valence electrons. The number of carbonyl (C=O) groups excluding carboxylic acids is 2. The highest BCUT2D eigenvalue weighted by atomic mass is 16.6. The van der Waals surface area contributed by atoms with Gasteiger partial charge in [-0.3, -0.25) is 14.9 Å². The highest BCUT2D eigenvalue weighted by Crippen LogP contribution is 2.32. The van der Waals surface area contributed by atoms with E-state index < -0.39 is 10.9 Å². The van der Waals surface area contributed by atoms with E-state index in [1.165, 1.54) is 32.2 Å². The number of non-ortho nitro benzene ring substituents is 1. The maximum atomic E-state index is 12.0. The van der Waals surface area contributed by atoms with E-state index in [2.05, 4.69) is 5.32 Å². The Morgan fingerprint density at radius 2 is 2.00 bits per heavy atom. The van der Waals surface area contributed by atoms with Crippen LogP contribution in [0.1, 0.15) is 22.8 Å². The zero-order valence-corrected chi connectivity index (χ0v) is 14.3. The van der Waals surface area contributed by atoms with Gasteiger partial charge >= 0.3 is 5.97 Å². The summed E-state index contributed by atoms with van der Waals surface area (Å²) in [5, 5.41) is 14.0. The third-order valence-corrected chi connectivity index (χ3v) is 4.25. The molecule has 0 saturated heterocycles. The molecule has 0 unspecified atom stereocenters. The van der Waals surface area contributed by atoms with Crippen LogP contribution in [0.3, 0.4) is 0 Å². The van der Waals surface area contributed by atoms with Gasteiger partial charge in [0.1, 0.15) is 0 Å². The van der Waals surface area contributed by atoms with Gasteiger partial charge in [-0.25, -0.2) is 4.79 Å². The Morgan fingerprint density at radius 1 is 1.23 bits per heavy atom. The van der Waals surface area contributed by atoms with Gasteiger partial charge in [0, 0.05) is 37.0 Å². The first-order chi connectivity index (χ1) is 12.4. The van der Waals surface area contributed by atoms with Crippen LogP contribution in [0.5, 0.6) is 0 Å². The topological polar surface area (TPSA) is 102 Å².